The Balaban J connectivity index is 0.00000312. The summed E-state index contributed by atoms with van der Waals surface area (Å²) in [4.78, 5) is 0. The molecule has 0 saturated carbocycles. The molecule has 0 heterocycles. The highest BCUT2D eigenvalue weighted by molar-refractivity contribution is 5.85. The third-order valence-corrected chi connectivity index (χ3v) is 3.66. The van der Waals surface area contributed by atoms with E-state index in [0.29, 0.717) is 17.1 Å². The summed E-state index contributed by atoms with van der Waals surface area (Å²) in [6.07, 6.45) is 1.75. The van der Waals surface area contributed by atoms with Crippen LogP contribution in [0.15, 0.2) is 42.5 Å². The molecule has 0 saturated heterocycles. The number of hydrogen-bond acceptors (Lipinski definition) is 4. The molecule has 0 aliphatic carbocycles. The number of ether oxygens (including phenoxy) is 2. The van der Waals surface area contributed by atoms with Gasteiger partial charge >= 0.3 is 0 Å². The van der Waals surface area contributed by atoms with Crippen LogP contribution in [0, 0.1) is 5.82 Å². The predicted octanol–water partition coefficient (Wildman–Crippen LogP) is 3.70. The Hall–Kier alpha value is -1.82. The fourth-order valence-electron chi connectivity index (χ4n) is 2.31. The second kappa shape index (κ2) is 11.7. The number of aliphatic hydroxyl groups is 1. The maximum absolute atomic E-state index is 13.6. The van der Waals surface area contributed by atoms with Crippen molar-refractivity contribution in [1.82, 2.24) is 5.32 Å². The van der Waals surface area contributed by atoms with Gasteiger partial charge in [-0.25, -0.2) is 4.39 Å². The topological polar surface area (TPSA) is 50.7 Å². The van der Waals surface area contributed by atoms with Crippen molar-refractivity contribution in [1.29, 1.82) is 0 Å². The van der Waals surface area contributed by atoms with Crippen LogP contribution in [-0.4, -0.2) is 25.4 Å². The zero-order valence-electron chi connectivity index (χ0n) is 14.3. The third-order valence-electron chi connectivity index (χ3n) is 3.66. The van der Waals surface area contributed by atoms with Crippen molar-refractivity contribution in [2.75, 3.05) is 20.3 Å². The molecule has 2 aromatic carbocycles. The highest BCUT2D eigenvalue weighted by atomic mass is 35.5. The molecule has 2 N–H and O–H groups in total. The average molecular weight is 370 g/mol. The zero-order chi connectivity index (χ0) is 17.2. The smallest absolute Gasteiger partial charge is 0.161 e. The van der Waals surface area contributed by atoms with E-state index in [0.717, 1.165) is 31.5 Å². The average Bonchev–Trinajstić information content (AvgIpc) is 2.61. The molecular formula is C19H25ClFNO3. The number of unbranched alkanes of at least 4 members (excludes halogenated alkanes) is 1. The number of aliphatic hydroxyl groups excluding tert-OH is 1. The van der Waals surface area contributed by atoms with Crippen molar-refractivity contribution in [2.24, 2.45) is 0 Å². The number of hydrogen-bond donors (Lipinski definition) is 2. The molecule has 0 spiro atoms. The summed E-state index contributed by atoms with van der Waals surface area (Å²) in [5.41, 5.74) is 1.59. The van der Waals surface area contributed by atoms with E-state index in [4.69, 9.17) is 14.6 Å². The van der Waals surface area contributed by atoms with E-state index in [9.17, 15) is 4.39 Å². The summed E-state index contributed by atoms with van der Waals surface area (Å²) in [5, 5.41) is 12.1. The minimum Gasteiger partial charge on any atom is -0.493 e. The Kier molecular flexibility index (Phi) is 9.92. The van der Waals surface area contributed by atoms with Crippen LogP contribution >= 0.6 is 12.4 Å². The lowest BCUT2D eigenvalue weighted by atomic mass is 10.2. The van der Waals surface area contributed by atoms with E-state index < -0.39 is 0 Å². The first-order chi connectivity index (χ1) is 11.7. The molecule has 6 heteroatoms. The molecule has 0 bridgehead atoms. The Morgan fingerprint density at radius 1 is 1.08 bits per heavy atom. The van der Waals surface area contributed by atoms with Gasteiger partial charge < -0.3 is 19.9 Å². The van der Waals surface area contributed by atoms with Crippen molar-refractivity contribution in [3.63, 3.8) is 0 Å². The van der Waals surface area contributed by atoms with Crippen molar-refractivity contribution in [3.8, 4) is 11.5 Å². The van der Waals surface area contributed by atoms with Gasteiger partial charge in [0.25, 0.3) is 0 Å². The van der Waals surface area contributed by atoms with Crippen molar-refractivity contribution in [3.05, 3.63) is 59.4 Å². The molecule has 25 heavy (non-hydrogen) atoms. The molecule has 0 amide bonds. The molecule has 2 aromatic rings. The molecule has 0 aliphatic rings. The van der Waals surface area contributed by atoms with E-state index in [2.05, 4.69) is 5.32 Å². The molecule has 138 valence electrons. The third kappa shape index (κ3) is 6.90. The Bertz CT molecular complexity index is 640. The van der Waals surface area contributed by atoms with E-state index in [1.807, 2.05) is 18.2 Å². The first-order valence-corrected chi connectivity index (χ1v) is 8.09. The largest absolute Gasteiger partial charge is 0.493 e. The summed E-state index contributed by atoms with van der Waals surface area (Å²) in [5.74, 6) is 0.936. The van der Waals surface area contributed by atoms with Crippen LogP contribution in [-0.2, 0) is 13.2 Å². The molecule has 0 radical (unpaired) electrons. The Morgan fingerprint density at radius 2 is 1.88 bits per heavy atom. The molecule has 0 aliphatic heterocycles. The molecule has 0 unspecified atom stereocenters. The number of methoxy groups -OCH3 is 1. The Labute approximate surface area is 154 Å². The fourth-order valence-corrected chi connectivity index (χ4v) is 2.31. The molecule has 0 fully saturated rings. The zero-order valence-corrected chi connectivity index (χ0v) is 15.2. The van der Waals surface area contributed by atoms with Crippen LogP contribution in [0.2, 0.25) is 0 Å². The fraction of sp³-hybridized carbons (Fsp3) is 0.368. The van der Waals surface area contributed by atoms with Gasteiger partial charge in [0.05, 0.1) is 7.11 Å². The minimum atomic E-state index is -0.278. The standard InChI is InChI=1S/C19H24FNO3.ClH/c1-23-19-12-15(13-21-10-4-5-11-22)8-9-18(19)24-14-16-6-2-3-7-17(16)20;/h2-3,6-9,12,21-22H,4-5,10-11,13-14H2,1H3;1H. The molecular weight excluding hydrogens is 345 g/mol. The normalized spacial score (nSPS) is 10.2. The van der Waals surface area contributed by atoms with Crippen molar-refractivity contribution < 1.29 is 19.0 Å². The van der Waals surface area contributed by atoms with Crippen LogP contribution in [0.5, 0.6) is 11.5 Å². The number of nitrogens with one attached hydrogen (secondary N) is 1. The van der Waals surface area contributed by atoms with Gasteiger partial charge in [-0.15, -0.1) is 12.4 Å². The first-order valence-electron chi connectivity index (χ1n) is 8.09. The lowest BCUT2D eigenvalue weighted by Gasteiger charge is -2.13. The van der Waals surface area contributed by atoms with Gasteiger partial charge in [0, 0.05) is 18.7 Å². The maximum Gasteiger partial charge on any atom is 0.161 e. The lowest BCUT2D eigenvalue weighted by molar-refractivity contribution is 0.279. The molecule has 0 atom stereocenters. The van der Waals surface area contributed by atoms with Crippen molar-refractivity contribution >= 4 is 12.4 Å². The maximum atomic E-state index is 13.6. The van der Waals surface area contributed by atoms with Gasteiger partial charge in [-0.1, -0.05) is 24.3 Å². The summed E-state index contributed by atoms with van der Waals surface area (Å²) >= 11 is 0. The second-order valence-electron chi connectivity index (χ2n) is 5.47. The van der Waals surface area contributed by atoms with Crippen LogP contribution < -0.4 is 14.8 Å². The summed E-state index contributed by atoms with van der Waals surface area (Å²) in [6.45, 7) is 1.95. The number of benzene rings is 2. The van der Waals surface area contributed by atoms with E-state index in [1.54, 1.807) is 25.3 Å². The molecule has 2 rings (SSSR count). The summed E-state index contributed by atoms with van der Waals surface area (Å²) < 4.78 is 24.7. The number of rotatable bonds is 10. The summed E-state index contributed by atoms with van der Waals surface area (Å²) in [6, 6.07) is 12.3. The van der Waals surface area contributed by atoms with Gasteiger partial charge in [-0.2, -0.15) is 0 Å². The SMILES string of the molecule is COc1cc(CNCCCCO)ccc1OCc1ccccc1F.Cl. The first kappa shape index (κ1) is 21.2. The van der Waals surface area contributed by atoms with Crippen LogP contribution in [0.3, 0.4) is 0 Å². The van der Waals surface area contributed by atoms with Gasteiger partial charge in [-0.3, -0.25) is 0 Å². The summed E-state index contributed by atoms with van der Waals surface area (Å²) in [7, 11) is 1.59. The number of halogens is 2. The molecule has 0 aromatic heterocycles. The van der Waals surface area contributed by atoms with Gasteiger partial charge in [0.15, 0.2) is 11.5 Å². The quantitative estimate of drug-likeness (QED) is 0.627. The van der Waals surface area contributed by atoms with Gasteiger partial charge in [0.2, 0.25) is 0 Å². The van der Waals surface area contributed by atoms with E-state index in [-0.39, 0.29) is 31.4 Å². The van der Waals surface area contributed by atoms with Gasteiger partial charge in [-0.05, 0) is 43.1 Å². The predicted molar refractivity (Wildman–Crippen MR) is 99.0 cm³/mol. The minimum absolute atomic E-state index is 0. The monoisotopic (exact) mass is 369 g/mol. The Morgan fingerprint density at radius 3 is 2.60 bits per heavy atom. The molecule has 4 nitrogen and oxygen atoms in total. The van der Waals surface area contributed by atoms with E-state index >= 15 is 0 Å². The van der Waals surface area contributed by atoms with E-state index in [1.165, 1.54) is 6.07 Å². The highest BCUT2D eigenvalue weighted by Gasteiger charge is 2.08. The highest BCUT2D eigenvalue weighted by Crippen LogP contribution is 2.29. The second-order valence-corrected chi connectivity index (χ2v) is 5.47. The van der Waals surface area contributed by atoms with Crippen LogP contribution in [0.25, 0.3) is 0 Å². The lowest BCUT2D eigenvalue weighted by Crippen LogP contribution is -2.15. The van der Waals surface area contributed by atoms with Crippen molar-refractivity contribution in [2.45, 2.75) is 26.0 Å². The van der Waals surface area contributed by atoms with Crippen LogP contribution in [0.4, 0.5) is 4.39 Å². The van der Waals surface area contributed by atoms with Crippen LogP contribution in [0.1, 0.15) is 24.0 Å². The van der Waals surface area contributed by atoms with Gasteiger partial charge in [0.1, 0.15) is 12.4 Å².